The molecule has 1 unspecified atom stereocenters. The molecule has 1 aromatic heterocycles. The van der Waals surface area contributed by atoms with E-state index in [-0.39, 0.29) is 36.5 Å². The number of carbonyl (C=O) groups excluding carboxylic acids is 1. The summed E-state index contributed by atoms with van der Waals surface area (Å²) in [7, 11) is -0.784. The minimum Gasteiger partial charge on any atom is -0.497 e. The molecule has 0 N–H and O–H groups in total. The first-order chi connectivity index (χ1) is 18.3. The van der Waals surface area contributed by atoms with Crippen LogP contribution in [0.25, 0.3) is 0 Å². The third-order valence-electron chi connectivity index (χ3n) is 6.38. The van der Waals surface area contributed by atoms with Crippen LogP contribution in [0, 0.1) is 0 Å². The molecule has 8 nitrogen and oxygen atoms in total. The highest BCUT2D eigenvalue weighted by molar-refractivity contribution is 7.89. The van der Waals surface area contributed by atoms with Crippen LogP contribution in [0.1, 0.15) is 22.9 Å². The Balaban J connectivity index is 1.56. The summed E-state index contributed by atoms with van der Waals surface area (Å²) in [5.41, 5.74) is 1.03. The molecule has 1 aliphatic rings. The Morgan fingerprint density at radius 2 is 1.89 bits per heavy atom. The van der Waals surface area contributed by atoms with Gasteiger partial charge in [0, 0.05) is 42.8 Å². The molecule has 1 aliphatic heterocycles. The lowest BCUT2D eigenvalue weighted by atomic mass is 10.0. The van der Waals surface area contributed by atoms with Gasteiger partial charge in [-0.3, -0.25) is 4.79 Å². The van der Waals surface area contributed by atoms with E-state index in [9.17, 15) is 13.2 Å². The Hall–Kier alpha value is -2.63. The minimum atomic E-state index is -3.93. The number of sulfonamides is 1. The third-order valence-corrected chi connectivity index (χ3v) is 9.49. The van der Waals surface area contributed by atoms with Crippen LogP contribution < -0.4 is 9.47 Å². The van der Waals surface area contributed by atoms with Crippen LogP contribution in [0.3, 0.4) is 0 Å². The van der Waals surface area contributed by atoms with Crippen molar-refractivity contribution in [2.24, 2.45) is 0 Å². The zero-order chi connectivity index (χ0) is 27.1. The molecule has 0 fully saturated rings. The molecule has 0 aliphatic carbocycles. The second kappa shape index (κ2) is 12.9. The molecule has 0 bridgehead atoms. The topological polar surface area (TPSA) is 85.4 Å². The van der Waals surface area contributed by atoms with Crippen molar-refractivity contribution >= 4 is 38.9 Å². The number of thiophene rings is 1. The highest BCUT2D eigenvalue weighted by Crippen LogP contribution is 2.34. The van der Waals surface area contributed by atoms with E-state index >= 15 is 0 Å². The molecule has 0 radical (unpaired) electrons. The van der Waals surface area contributed by atoms with Crippen molar-refractivity contribution in [2.45, 2.75) is 23.8 Å². The number of hydrogen-bond donors (Lipinski definition) is 0. The van der Waals surface area contributed by atoms with Crippen molar-refractivity contribution in [3.05, 3.63) is 75.4 Å². The van der Waals surface area contributed by atoms with Crippen molar-refractivity contribution in [3.63, 3.8) is 0 Å². The van der Waals surface area contributed by atoms with Crippen LogP contribution in [0.4, 0.5) is 0 Å². The quantitative estimate of drug-likeness (QED) is 0.291. The van der Waals surface area contributed by atoms with Gasteiger partial charge >= 0.3 is 0 Å². The highest BCUT2D eigenvalue weighted by atomic mass is 35.5. The van der Waals surface area contributed by atoms with Crippen LogP contribution in [0.2, 0.25) is 5.02 Å². The molecule has 204 valence electrons. The number of halogens is 1. The van der Waals surface area contributed by atoms with Crippen LogP contribution in [0.15, 0.2) is 64.9 Å². The van der Waals surface area contributed by atoms with E-state index in [0.29, 0.717) is 42.5 Å². The summed E-state index contributed by atoms with van der Waals surface area (Å²) in [5.74, 6) is 1.02. The van der Waals surface area contributed by atoms with Gasteiger partial charge in [0.2, 0.25) is 15.9 Å². The van der Waals surface area contributed by atoms with Gasteiger partial charge in [-0.2, -0.15) is 4.31 Å². The predicted octanol–water partition coefficient (Wildman–Crippen LogP) is 4.64. The first kappa shape index (κ1) is 28.4. The fourth-order valence-corrected chi connectivity index (χ4v) is 6.89. The Bertz CT molecular complexity index is 1330. The van der Waals surface area contributed by atoms with E-state index in [1.165, 1.54) is 33.4 Å². The standard InChI is InChI=1S/C27H31ClN2O6S2/c1-34-15-4-13-29(38(32,33)23-9-7-20(28)8-10-23)18-27(31)30-14-11-26-24(12-16-37-26)25(30)19-36-22-6-3-5-21(17-22)35-2/h3,5-10,12,16-17,25H,4,11,13-15,18-19H2,1-2H3. The van der Waals surface area contributed by atoms with Crippen molar-refractivity contribution in [1.29, 1.82) is 0 Å². The lowest BCUT2D eigenvalue weighted by Gasteiger charge is -2.37. The van der Waals surface area contributed by atoms with E-state index in [4.69, 9.17) is 25.8 Å². The summed E-state index contributed by atoms with van der Waals surface area (Å²) in [6.07, 6.45) is 1.16. The van der Waals surface area contributed by atoms with E-state index in [0.717, 1.165) is 5.56 Å². The summed E-state index contributed by atoms with van der Waals surface area (Å²) in [6, 6.07) is 14.9. The van der Waals surface area contributed by atoms with Crippen LogP contribution in [-0.4, -0.2) is 70.6 Å². The van der Waals surface area contributed by atoms with Crippen molar-refractivity contribution in [1.82, 2.24) is 9.21 Å². The first-order valence-corrected chi connectivity index (χ1v) is 14.9. The van der Waals surface area contributed by atoms with Crippen LogP contribution in [-0.2, 0) is 26.0 Å². The van der Waals surface area contributed by atoms with Crippen molar-refractivity contribution in [3.8, 4) is 11.5 Å². The van der Waals surface area contributed by atoms with Gasteiger partial charge in [-0.25, -0.2) is 8.42 Å². The number of hydrogen-bond acceptors (Lipinski definition) is 7. The largest absolute Gasteiger partial charge is 0.497 e. The molecule has 4 rings (SSSR count). The lowest BCUT2D eigenvalue weighted by Crippen LogP contribution is -2.48. The smallest absolute Gasteiger partial charge is 0.243 e. The van der Waals surface area contributed by atoms with Gasteiger partial charge in [0.1, 0.15) is 18.1 Å². The zero-order valence-electron chi connectivity index (χ0n) is 21.3. The summed E-state index contributed by atoms with van der Waals surface area (Å²) >= 11 is 7.62. The van der Waals surface area contributed by atoms with Gasteiger partial charge in [-0.1, -0.05) is 17.7 Å². The molecule has 2 aromatic carbocycles. The SMILES string of the molecule is COCCCN(CC(=O)N1CCc2sccc2C1COc1cccc(OC)c1)S(=O)(=O)c1ccc(Cl)cc1. The third kappa shape index (κ3) is 6.68. The molecule has 0 saturated carbocycles. The first-order valence-electron chi connectivity index (χ1n) is 12.2. The molecule has 0 saturated heterocycles. The van der Waals surface area contributed by atoms with E-state index in [1.807, 2.05) is 29.6 Å². The summed E-state index contributed by atoms with van der Waals surface area (Å²) in [6.45, 7) is 0.943. The molecule has 1 atom stereocenters. The van der Waals surface area contributed by atoms with Crippen LogP contribution >= 0.6 is 22.9 Å². The van der Waals surface area contributed by atoms with E-state index in [1.54, 1.807) is 36.5 Å². The van der Waals surface area contributed by atoms with Gasteiger partial charge in [-0.05, 0) is 66.2 Å². The number of nitrogens with zero attached hydrogens (tertiary/aromatic N) is 2. The molecular formula is C27H31ClN2O6S2. The average molecular weight is 579 g/mol. The lowest BCUT2D eigenvalue weighted by molar-refractivity contribution is -0.135. The monoisotopic (exact) mass is 578 g/mol. The number of amides is 1. The van der Waals surface area contributed by atoms with E-state index < -0.39 is 10.0 Å². The fraction of sp³-hybridized carbons (Fsp3) is 0.370. The predicted molar refractivity (Wildman–Crippen MR) is 148 cm³/mol. The normalized spacial score (nSPS) is 15.4. The summed E-state index contributed by atoms with van der Waals surface area (Å²) < 4.78 is 44.7. The summed E-state index contributed by atoms with van der Waals surface area (Å²) in [5, 5.41) is 2.45. The molecule has 3 aromatic rings. The molecule has 38 heavy (non-hydrogen) atoms. The molecule has 2 heterocycles. The Morgan fingerprint density at radius 3 is 2.63 bits per heavy atom. The van der Waals surface area contributed by atoms with E-state index in [2.05, 4.69) is 0 Å². The second-order valence-electron chi connectivity index (χ2n) is 8.78. The molecule has 1 amide bonds. The Kier molecular flexibility index (Phi) is 9.67. The summed E-state index contributed by atoms with van der Waals surface area (Å²) in [4.78, 5) is 16.7. The molecule has 0 spiro atoms. The number of rotatable bonds is 12. The van der Waals surface area contributed by atoms with Crippen molar-refractivity contribution in [2.75, 3.05) is 47.1 Å². The van der Waals surface area contributed by atoms with Gasteiger partial charge in [-0.15, -0.1) is 11.3 Å². The van der Waals surface area contributed by atoms with Gasteiger partial charge in [0.25, 0.3) is 0 Å². The fourth-order valence-electron chi connectivity index (χ4n) is 4.41. The van der Waals surface area contributed by atoms with Gasteiger partial charge in [0.05, 0.1) is 24.6 Å². The number of fused-ring (bicyclic) bond motifs is 1. The number of carbonyl (C=O) groups is 1. The van der Waals surface area contributed by atoms with Crippen LogP contribution in [0.5, 0.6) is 11.5 Å². The number of benzene rings is 2. The maximum absolute atomic E-state index is 13.7. The number of methoxy groups -OCH3 is 2. The maximum Gasteiger partial charge on any atom is 0.243 e. The zero-order valence-corrected chi connectivity index (χ0v) is 23.7. The van der Waals surface area contributed by atoms with Gasteiger partial charge in [0.15, 0.2) is 0 Å². The Morgan fingerprint density at radius 1 is 1.13 bits per heavy atom. The Labute approximate surface area is 232 Å². The second-order valence-corrected chi connectivity index (χ2v) is 12.2. The average Bonchev–Trinajstić information content (AvgIpc) is 3.41. The maximum atomic E-state index is 13.7. The molecule has 11 heteroatoms. The van der Waals surface area contributed by atoms with Crippen molar-refractivity contribution < 1.29 is 27.4 Å². The molecular weight excluding hydrogens is 548 g/mol. The number of ether oxygens (including phenoxy) is 3. The highest BCUT2D eigenvalue weighted by Gasteiger charge is 2.35. The minimum absolute atomic E-state index is 0.0868. The van der Waals surface area contributed by atoms with Gasteiger partial charge < -0.3 is 19.1 Å².